The van der Waals surface area contributed by atoms with E-state index in [9.17, 15) is 17.6 Å². The van der Waals surface area contributed by atoms with E-state index < -0.39 is 15.8 Å². The van der Waals surface area contributed by atoms with Gasteiger partial charge in [0.2, 0.25) is 15.9 Å². The Morgan fingerprint density at radius 3 is 2.52 bits per heavy atom. The van der Waals surface area contributed by atoms with E-state index in [1.54, 1.807) is 4.68 Å². The molecule has 10 heteroatoms. The van der Waals surface area contributed by atoms with Crippen molar-refractivity contribution in [2.45, 2.75) is 31.2 Å². The molecule has 0 aliphatic carbocycles. The third kappa shape index (κ3) is 5.26. The van der Waals surface area contributed by atoms with Crippen molar-refractivity contribution in [3.8, 4) is 0 Å². The van der Waals surface area contributed by atoms with Crippen LogP contribution in [0.4, 0.5) is 10.2 Å². The van der Waals surface area contributed by atoms with Crippen LogP contribution in [0.1, 0.15) is 24.1 Å². The summed E-state index contributed by atoms with van der Waals surface area (Å²) in [5.74, 6) is -0.551. The first-order chi connectivity index (χ1) is 15.7. The zero-order chi connectivity index (χ0) is 23.6. The van der Waals surface area contributed by atoms with Gasteiger partial charge < -0.3 is 5.32 Å². The first-order valence-corrected chi connectivity index (χ1v) is 12.4. The second-order valence-electron chi connectivity index (χ2n) is 8.06. The van der Waals surface area contributed by atoms with Crippen molar-refractivity contribution in [2.75, 3.05) is 18.4 Å². The molecule has 1 aliphatic heterocycles. The van der Waals surface area contributed by atoms with Crippen LogP contribution in [0.5, 0.6) is 0 Å². The maximum atomic E-state index is 13.4. The number of rotatable bonds is 6. The van der Waals surface area contributed by atoms with Crippen molar-refractivity contribution < 1.29 is 17.6 Å². The van der Waals surface area contributed by atoms with Crippen LogP contribution in [0.15, 0.2) is 59.5 Å². The summed E-state index contributed by atoms with van der Waals surface area (Å²) in [5.41, 5.74) is 1.86. The van der Waals surface area contributed by atoms with E-state index in [4.69, 9.17) is 11.6 Å². The van der Waals surface area contributed by atoms with Gasteiger partial charge in [-0.25, -0.2) is 17.5 Å². The maximum absolute atomic E-state index is 13.4. The van der Waals surface area contributed by atoms with Gasteiger partial charge in [0.05, 0.1) is 22.2 Å². The fourth-order valence-electron chi connectivity index (χ4n) is 3.90. The lowest BCUT2D eigenvalue weighted by Crippen LogP contribution is -2.41. The molecule has 1 saturated heterocycles. The molecule has 0 unspecified atom stereocenters. The molecule has 1 aliphatic rings. The third-order valence-corrected chi connectivity index (χ3v) is 7.87. The summed E-state index contributed by atoms with van der Waals surface area (Å²) in [6, 6.07) is 15.0. The molecule has 0 spiro atoms. The highest BCUT2D eigenvalue weighted by Crippen LogP contribution is 2.27. The van der Waals surface area contributed by atoms with Crippen LogP contribution < -0.4 is 5.32 Å². The Morgan fingerprint density at radius 2 is 1.85 bits per heavy atom. The minimum atomic E-state index is -3.81. The van der Waals surface area contributed by atoms with Crippen molar-refractivity contribution >= 4 is 33.3 Å². The Kier molecular flexibility index (Phi) is 6.83. The molecular weight excluding hydrogens is 467 g/mol. The summed E-state index contributed by atoms with van der Waals surface area (Å²) in [5, 5.41) is 7.18. The summed E-state index contributed by atoms with van der Waals surface area (Å²) in [6.45, 7) is 2.78. The molecule has 174 valence electrons. The highest BCUT2D eigenvalue weighted by atomic mass is 35.5. The van der Waals surface area contributed by atoms with Gasteiger partial charge in [-0.3, -0.25) is 4.79 Å². The summed E-state index contributed by atoms with van der Waals surface area (Å²) >= 11 is 5.75. The Bertz CT molecular complexity index is 1260. The summed E-state index contributed by atoms with van der Waals surface area (Å²) in [6.07, 6.45) is 0.761. The number of nitrogens with zero attached hydrogens (tertiary/aromatic N) is 3. The van der Waals surface area contributed by atoms with Gasteiger partial charge in [-0.05, 0) is 43.5 Å². The Labute approximate surface area is 197 Å². The van der Waals surface area contributed by atoms with Crippen molar-refractivity contribution in [1.29, 1.82) is 0 Å². The normalized spacial score (nSPS) is 15.5. The highest BCUT2D eigenvalue weighted by Gasteiger charge is 2.32. The smallest absolute Gasteiger partial charge is 0.243 e. The number of aromatic nitrogens is 2. The number of hydrogen-bond acceptors (Lipinski definition) is 4. The summed E-state index contributed by atoms with van der Waals surface area (Å²) < 4.78 is 42.2. The number of sulfonamides is 1. The lowest BCUT2D eigenvalue weighted by Gasteiger charge is -2.30. The van der Waals surface area contributed by atoms with Crippen LogP contribution in [0, 0.1) is 18.7 Å². The van der Waals surface area contributed by atoms with Gasteiger partial charge >= 0.3 is 0 Å². The van der Waals surface area contributed by atoms with E-state index in [1.807, 2.05) is 43.3 Å². The van der Waals surface area contributed by atoms with Crippen LogP contribution >= 0.6 is 11.6 Å². The van der Waals surface area contributed by atoms with Crippen LogP contribution in [0.25, 0.3) is 0 Å². The van der Waals surface area contributed by atoms with Gasteiger partial charge in [-0.2, -0.15) is 9.40 Å². The molecular formula is C23H24ClFN4O3S. The minimum absolute atomic E-state index is 0.0582. The molecule has 2 heterocycles. The van der Waals surface area contributed by atoms with Gasteiger partial charge in [-0.15, -0.1) is 0 Å². The van der Waals surface area contributed by atoms with Crippen molar-refractivity contribution in [3.05, 3.63) is 76.7 Å². The van der Waals surface area contributed by atoms with Gasteiger partial charge in [0.1, 0.15) is 11.6 Å². The van der Waals surface area contributed by atoms with Crippen LogP contribution in [-0.2, 0) is 21.4 Å². The number of nitrogens with one attached hydrogen (secondary N) is 1. The first-order valence-electron chi connectivity index (χ1n) is 10.6. The molecule has 0 saturated carbocycles. The average molecular weight is 491 g/mol. The number of hydrogen-bond donors (Lipinski definition) is 1. The number of carbonyl (C=O) groups is 1. The van der Waals surface area contributed by atoms with Crippen LogP contribution in [-0.4, -0.2) is 41.5 Å². The molecule has 4 rings (SSSR count). The second kappa shape index (κ2) is 9.62. The lowest BCUT2D eigenvalue weighted by molar-refractivity contribution is -0.121. The molecule has 1 N–H and O–H groups in total. The molecule has 1 amide bonds. The van der Waals surface area contributed by atoms with Gasteiger partial charge in [0.25, 0.3) is 0 Å². The van der Waals surface area contributed by atoms with Gasteiger partial charge in [0, 0.05) is 25.1 Å². The van der Waals surface area contributed by atoms with E-state index in [0.717, 1.165) is 23.4 Å². The maximum Gasteiger partial charge on any atom is 0.243 e. The van der Waals surface area contributed by atoms with Gasteiger partial charge in [0.15, 0.2) is 0 Å². The number of halogens is 2. The molecule has 3 aromatic rings. The van der Waals surface area contributed by atoms with Crippen molar-refractivity contribution in [1.82, 2.24) is 14.1 Å². The second-order valence-corrected chi connectivity index (χ2v) is 10.4. The molecule has 0 radical (unpaired) electrons. The summed E-state index contributed by atoms with van der Waals surface area (Å²) in [7, 11) is -3.81. The Balaban J connectivity index is 1.40. The van der Waals surface area contributed by atoms with E-state index >= 15 is 0 Å². The molecule has 1 fully saturated rings. The Morgan fingerprint density at radius 1 is 1.15 bits per heavy atom. The number of aryl methyl sites for hydroxylation is 1. The van der Waals surface area contributed by atoms with Crippen molar-refractivity contribution in [2.24, 2.45) is 5.92 Å². The lowest BCUT2D eigenvalue weighted by atomic mass is 9.97. The first kappa shape index (κ1) is 23.4. The quantitative estimate of drug-likeness (QED) is 0.564. The third-order valence-electron chi connectivity index (χ3n) is 5.68. The zero-order valence-electron chi connectivity index (χ0n) is 18.0. The van der Waals surface area contributed by atoms with Crippen LogP contribution in [0.2, 0.25) is 5.02 Å². The van der Waals surface area contributed by atoms with Crippen molar-refractivity contribution in [3.63, 3.8) is 0 Å². The average Bonchev–Trinajstić information content (AvgIpc) is 3.14. The number of benzene rings is 2. The SMILES string of the molecule is Cc1cc(NC(=O)C2CCN(S(=O)(=O)c3ccc(F)c(Cl)c3)CC2)n(Cc2ccccc2)n1. The predicted molar refractivity (Wildman–Crippen MR) is 124 cm³/mol. The molecule has 1 aromatic heterocycles. The van der Waals surface area contributed by atoms with E-state index in [2.05, 4.69) is 10.4 Å². The van der Waals surface area contributed by atoms with Crippen LogP contribution in [0.3, 0.4) is 0 Å². The number of piperidine rings is 1. The predicted octanol–water partition coefficient (Wildman–Crippen LogP) is 4.07. The fourth-order valence-corrected chi connectivity index (χ4v) is 5.64. The topological polar surface area (TPSA) is 84.3 Å². The fraction of sp³-hybridized carbons (Fsp3) is 0.304. The molecule has 2 aromatic carbocycles. The number of amides is 1. The number of anilines is 1. The molecule has 0 bridgehead atoms. The molecule has 0 atom stereocenters. The Hall–Kier alpha value is -2.75. The largest absolute Gasteiger partial charge is 0.311 e. The minimum Gasteiger partial charge on any atom is -0.311 e. The molecule has 33 heavy (non-hydrogen) atoms. The van der Waals surface area contributed by atoms with E-state index in [0.29, 0.717) is 25.2 Å². The van der Waals surface area contributed by atoms with E-state index in [1.165, 1.54) is 10.4 Å². The van der Waals surface area contributed by atoms with Gasteiger partial charge in [-0.1, -0.05) is 41.9 Å². The number of carbonyl (C=O) groups excluding carboxylic acids is 1. The highest BCUT2D eigenvalue weighted by molar-refractivity contribution is 7.89. The zero-order valence-corrected chi connectivity index (χ0v) is 19.6. The molecule has 7 nitrogen and oxygen atoms in total. The summed E-state index contributed by atoms with van der Waals surface area (Å²) in [4.78, 5) is 12.9. The standard InChI is InChI=1S/C23H24ClFN4O3S/c1-16-13-22(29(27-16)15-17-5-3-2-4-6-17)26-23(30)18-9-11-28(12-10-18)33(31,32)19-7-8-21(25)20(24)14-19/h2-8,13-14,18H,9-12,15H2,1H3,(H,26,30). The van der Waals surface area contributed by atoms with E-state index in [-0.39, 0.29) is 34.8 Å². The monoisotopic (exact) mass is 490 g/mol.